The Balaban J connectivity index is 2.35. The van der Waals surface area contributed by atoms with Crippen molar-refractivity contribution in [3.8, 4) is 11.8 Å². The third-order valence-electron chi connectivity index (χ3n) is 4.57. The molecule has 0 N–H and O–H groups in total. The molecule has 0 atom stereocenters. The molecule has 0 saturated carbocycles. The Morgan fingerprint density at radius 2 is 1.75 bits per heavy atom. The maximum absolute atomic E-state index is 13.4. The van der Waals surface area contributed by atoms with Crippen LogP contribution in [0.1, 0.15) is 20.3 Å². The fraction of sp³-hybridized carbons (Fsp3) is 0.250. The number of hydrogen-bond donors (Lipinski definition) is 0. The quantitative estimate of drug-likeness (QED) is 0.231. The number of methoxy groups -OCH3 is 1. The van der Waals surface area contributed by atoms with Gasteiger partial charge in [-0.2, -0.15) is 5.26 Å². The molecule has 2 aromatic rings. The average Bonchev–Trinajstić information content (AvgIpc) is 2.80. The summed E-state index contributed by atoms with van der Waals surface area (Å²) in [5, 5.41) is 9.24. The number of nitrogens with zero attached hydrogens (tertiary/aromatic N) is 2. The third kappa shape index (κ3) is 5.99. The Hall–Kier alpha value is -3.57. The summed E-state index contributed by atoms with van der Waals surface area (Å²) < 4.78 is 38.3. The van der Waals surface area contributed by atoms with Crippen LogP contribution in [0.3, 0.4) is 0 Å². The number of sulfonamides is 1. The van der Waals surface area contributed by atoms with Crippen LogP contribution in [0.5, 0.6) is 5.75 Å². The monoisotopic (exact) mass is 454 g/mol. The summed E-state index contributed by atoms with van der Waals surface area (Å²) in [7, 11) is -2.38. The van der Waals surface area contributed by atoms with Gasteiger partial charge in [0.05, 0.1) is 30.8 Å². The maximum atomic E-state index is 13.4. The Labute approximate surface area is 189 Å². The van der Waals surface area contributed by atoms with Crippen LogP contribution in [0.2, 0.25) is 0 Å². The Kier molecular flexibility index (Phi) is 9.05. The minimum absolute atomic E-state index is 0.0339. The van der Waals surface area contributed by atoms with Gasteiger partial charge in [-0.3, -0.25) is 4.31 Å². The second-order valence-electron chi connectivity index (χ2n) is 6.68. The number of ether oxygens (including phenoxy) is 2. The molecule has 0 aromatic heterocycles. The molecule has 2 aromatic carbocycles. The van der Waals surface area contributed by atoms with Crippen molar-refractivity contribution in [2.75, 3.05) is 24.6 Å². The molecule has 168 valence electrons. The van der Waals surface area contributed by atoms with E-state index >= 15 is 0 Å². The molecule has 0 unspecified atom stereocenters. The summed E-state index contributed by atoms with van der Waals surface area (Å²) in [5.74, 6) is -0.242. The standard InChI is InChI=1S/C24H26N2O5S/c1-4-31-24(27)21(18-25)19(2)12-10-11-17-26(22-15-8-9-16-23(22)30-3)32(28,29)20-13-6-5-7-14-20/h5-11,13-16H,4,12,17H2,1-3H3/b11-10+,21-19+. The molecule has 0 spiro atoms. The van der Waals surface area contributed by atoms with Gasteiger partial charge in [0.25, 0.3) is 10.0 Å². The number of nitriles is 1. The molecular formula is C24H26N2O5S. The lowest BCUT2D eigenvalue weighted by Crippen LogP contribution is -2.31. The first-order valence-corrected chi connectivity index (χ1v) is 11.4. The van der Waals surface area contributed by atoms with Gasteiger partial charge < -0.3 is 9.47 Å². The van der Waals surface area contributed by atoms with Crippen molar-refractivity contribution in [2.24, 2.45) is 0 Å². The topological polar surface area (TPSA) is 96.7 Å². The molecule has 0 aliphatic rings. The Morgan fingerprint density at radius 1 is 1.09 bits per heavy atom. The summed E-state index contributed by atoms with van der Waals surface area (Å²) in [4.78, 5) is 12.0. The molecule has 2 rings (SSSR count). The van der Waals surface area contributed by atoms with Gasteiger partial charge in [0.15, 0.2) is 0 Å². The van der Waals surface area contributed by atoms with E-state index in [1.165, 1.54) is 23.5 Å². The highest BCUT2D eigenvalue weighted by Gasteiger charge is 2.26. The van der Waals surface area contributed by atoms with Crippen LogP contribution in [-0.2, 0) is 19.6 Å². The molecule has 0 radical (unpaired) electrons. The van der Waals surface area contributed by atoms with Crippen LogP contribution >= 0.6 is 0 Å². The van der Waals surface area contributed by atoms with Gasteiger partial charge in [-0.25, -0.2) is 13.2 Å². The molecule has 0 aliphatic carbocycles. The first kappa shape index (κ1) is 24.7. The van der Waals surface area contributed by atoms with Crippen LogP contribution in [0.25, 0.3) is 0 Å². The zero-order chi connectivity index (χ0) is 23.6. The van der Waals surface area contributed by atoms with Crippen LogP contribution in [0.4, 0.5) is 5.69 Å². The predicted octanol–water partition coefficient (Wildman–Crippen LogP) is 4.24. The first-order valence-electron chi connectivity index (χ1n) is 9.99. The normalized spacial score (nSPS) is 12.1. The van der Waals surface area contributed by atoms with Crippen LogP contribution < -0.4 is 9.04 Å². The molecule has 7 nitrogen and oxygen atoms in total. The first-order chi connectivity index (χ1) is 15.4. The minimum Gasteiger partial charge on any atom is -0.495 e. The van der Waals surface area contributed by atoms with E-state index < -0.39 is 16.0 Å². The number of carbonyl (C=O) groups is 1. The third-order valence-corrected chi connectivity index (χ3v) is 6.36. The number of hydrogen-bond acceptors (Lipinski definition) is 6. The second-order valence-corrected chi connectivity index (χ2v) is 8.55. The molecular weight excluding hydrogens is 428 g/mol. The molecule has 0 heterocycles. The van der Waals surface area contributed by atoms with Gasteiger partial charge in [0, 0.05) is 0 Å². The molecule has 0 saturated heterocycles. The highest BCUT2D eigenvalue weighted by Crippen LogP contribution is 2.32. The van der Waals surface area contributed by atoms with E-state index in [1.807, 2.05) is 6.07 Å². The highest BCUT2D eigenvalue weighted by molar-refractivity contribution is 7.92. The summed E-state index contributed by atoms with van der Waals surface area (Å²) in [6, 6.07) is 16.9. The van der Waals surface area contributed by atoms with E-state index in [1.54, 1.807) is 68.5 Å². The lowest BCUT2D eigenvalue weighted by Gasteiger charge is -2.25. The number of esters is 1. The largest absolute Gasteiger partial charge is 0.495 e. The van der Waals surface area contributed by atoms with E-state index in [0.717, 1.165) is 0 Å². The molecule has 0 aliphatic heterocycles. The summed E-state index contributed by atoms with van der Waals surface area (Å²) >= 11 is 0. The Morgan fingerprint density at radius 3 is 2.38 bits per heavy atom. The van der Waals surface area contributed by atoms with Crippen molar-refractivity contribution in [3.63, 3.8) is 0 Å². The number of para-hydroxylation sites is 2. The van der Waals surface area contributed by atoms with Crippen LogP contribution in [0.15, 0.2) is 82.8 Å². The molecule has 32 heavy (non-hydrogen) atoms. The SMILES string of the molecule is CCOC(=O)/C(C#N)=C(\C)C/C=C/CN(c1ccccc1OC)S(=O)(=O)c1ccccc1. The summed E-state index contributed by atoms with van der Waals surface area (Å²) in [6.07, 6.45) is 3.69. The van der Waals surface area contributed by atoms with Crippen LogP contribution in [0, 0.1) is 11.3 Å². The van der Waals surface area contributed by atoms with Gasteiger partial charge in [-0.05, 0) is 50.1 Å². The lowest BCUT2D eigenvalue weighted by molar-refractivity contribution is -0.138. The number of allylic oxidation sites excluding steroid dienone is 2. The number of carbonyl (C=O) groups excluding carboxylic acids is 1. The number of anilines is 1. The van der Waals surface area contributed by atoms with Gasteiger partial charge in [0.1, 0.15) is 17.4 Å². The van der Waals surface area contributed by atoms with Crippen molar-refractivity contribution in [2.45, 2.75) is 25.2 Å². The zero-order valence-electron chi connectivity index (χ0n) is 18.3. The lowest BCUT2D eigenvalue weighted by atomic mass is 10.1. The van der Waals surface area contributed by atoms with Gasteiger partial charge in [0.2, 0.25) is 0 Å². The molecule has 8 heteroatoms. The van der Waals surface area contributed by atoms with Gasteiger partial charge >= 0.3 is 5.97 Å². The van der Waals surface area contributed by atoms with Gasteiger partial charge in [-0.15, -0.1) is 0 Å². The smallest absolute Gasteiger partial charge is 0.348 e. The predicted molar refractivity (Wildman–Crippen MR) is 123 cm³/mol. The summed E-state index contributed by atoms with van der Waals surface area (Å²) in [6.45, 7) is 3.55. The molecule has 0 bridgehead atoms. The number of benzene rings is 2. The van der Waals surface area contributed by atoms with Crippen molar-refractivity contribution < 1.29 is 22.7 Å². The zero-order valence-corrected chi connectivity index (χ0v) is 19.1. The minimum atomic E-state index is -3.87. The fourth-order valence-corrected chi connectivity index (χ4v) is 4.38. The van der Waals surface area contributed by atoms with Crippen LogP contribution in [-0.4, -0.2) is 34.6 Å². The summed E-state index contributed by atoms with van der Waals surface area (Å²) in [5.41, 5.74) is 0.895. The van der Waals surface area contributed by atoms with Gasteiger partial charge in [-0.1, -0.05) is 42.5 Å². The van der Waals surface area contributed by atoms with E-state index in [2.05, 4.69) is 0 Å². The Bertz CT molecular complexity index is 1130. The fourth-order valence-electron chi connectivity index (χ4n) is 2.93. The van der Waals surface area contributed by atoms with Crippen molar-refractivity contribution >= 4 is 21.7 Å². The van der Waals surface area contributed by atoms with Crippen molar-refractivity contribution in [3.05, 3.63) is 77.9 Å². The molecule has 0 fully saturated rings. The second kappa shape index (κ2) is 11.7. The van der Waals surface area contributed by atoms with E-state index in [0.29, 0.717) is 23.4 Å². The highest BCUT2D eigenvalue weighted by atomic mass is 32.2. The van der Waals surface area contributed by atoms with E-state index in [-0.39, 0.29) is 23.6 Å². The van der Waals surface area contributed by atoms with Crippen molar-refractivity contribution in [1.82, 2.24) is 0 Å². The average molecular weight is 455 g/mol. The van der Waals surface area contributed by atoms with E-state index in [9.17, 15) is 18.5 Å². The van der Waals surface area contributed by atoms with E-state index in [4.69, 9.17) is 9.47 Å². The van der Waals surface area contributed by atoms with Crippen molar-refractivity contribution in [1.29, 1.82) is 5.26 Å². The maximum Gasteiger partial charge on any atom is 0.348 e. The number of rotatable bonds is 10. The molecule has 0 amide bonds.